The quantitative estimate of drug-likeness (QED) is 0.794. The van der Waals surface area contributed by atoms with E-state index in [2.05, 4.69) is 4.74 Å². The van der Waals surface area contributed by atoms with E-state index in [1.165, 1.54) is 19.1 Å². The Kier molecular flexibility index (Phi) is 4.54. The number of hydrogen-bond donors (Lipinski definition) is 0. The van der Waals surface area contributed by atoms with Crippen molar-refractivity contribution in [1.82, 2.24) is 0 Å². The van der Waals surface area contributed by atoms with Crippen LogP contribution in [-0.4, -0.2) is 12.1 Å². The van der Waals surface area contributed by atoms with Crippen molar-refractivity contribution >= 4 is 5.78 Å². The molecule has 94 valence electrons. The summed E-state index contributed by atoms with van der Waals surface area (Å²) >= 11 is 0. The third-order valence-electron chi connectivity index (χ3n) is 2.15. The number of carbonyl (C=O) groups excluding carboxylic acids is 1. The van der Waals surface area contributed by atoms with Crippen LogP contribution in [0.2, 0.25) is 0 Å². The summed E-state index contributed by atoms with van der Waals surface area (Å²) in [5, 5.41) is 0. The van der Waals surface area contributed by atoms with Crippen LogP contribution >= 0.6 is 0 Å². The second-order valence-electron chi connectivity index (χ2n) is 3.75. The first-order valence-electron chi connectivity index (χ1n) is 5.21. The fourth-order valence-corrected chi connectivity index (χ4v) is 1.40. The van der Waals surface area contributed by atoms with Gasteiger partial charge in [0.1, 0.15) is 11.5 Å². The zero-order valence-corrected chi connectivity index (χ0v) is 9.38. The summed E-state index contributed by atoms with van der Waals surface area (Å²) in [5.74, 6) is -0.116. The van der Waals surface area contributed by atoms with Gasteiger partial charge in [-0.3, -0.25) is 0 Å². The predicted molar refractivity (Wildman–Crippen MR) is 56.7 cm³/mol. The Morgan fingerprint density at radius 3 is 2.29 bits per heavy atom. The lowest BCUT2D eigenvalue weighted by atomic mass is 10.1. The van der Waals surface area contributed by atoms with Crippen molar-refractivity contribution in [1.29, 1.82) is 0 Å². The molecule has 0 saturated carbocycles. The first kappa shape index (κ1) is 13.5. The molecule has 0 aliphatic heterocycles. The molecule has 5 heteroatoms. The van der Waals surface area contributed by atoms with Gasteiger partial charge in [-0.15, -0.1) is 13.2 Å². The number of rotatable bonds is 5. The van der Waals surface area contributed by atoms with E-state index < -0.39 is 6.36 Å². The number of halogens is 3. The Bertz CT molecular complexity index is 368. The number of Topliss-reactive ketones (excluding diaryl/α,β-unsaturated/α-hetero) is 1. The van der Waals surface area contributed by atoms with E-state index in [1.807, 2.05) is 0 Å². The molecule has 0 spiro atoms. The first-order chi connectivity index (χ1) is 7.87. The van der Waals surface area contributed by atoms with Crippen LogP contribution in [0.4, 0.5) is 13.2 Å². The summed E-state index contributed by atoms with van der Waals surface area (Å²) in [7, 11) is 0. The number of aryl methyl sites for hydroxylation is 1. The molecule has 0 radical (unpaired) electrons. The molecule has 0 unspecified atom stereocenters. The topological polar surface area (TPSA) is 26.3 Å². The fourth-order valence-electron chi connectivity index (χ4n) is 1.40. The highest BCUT2D eigenvalue weighted by Gasteiger charge is 2.30. The molecule has 0 fully saturated rings. The van der Waals surface area contributed by atoms with Gasteiger partial charge in [0, 0.05) is 6.42 Å². The van der Waals surface area contributed by atoms with Crippen molar-refractivity contribution in [2.75, 3.05) is 0 Å². The van der Waals surface area contributed by atoms with Crippen LogP contribution in [0.25, 0.3) is 0 Å². The van der Waals surface area contributed by atoms with E-state index in [9.17, 15) is 18.0 Å². The molecule has 0 saturated heterocycles. The minimum absolute atomic E-state index is 0.113. The van der Waals surface area contributed by atoms with Crippen LogP contribution in [0, 0.1) is 0 Å². The van der Waals surface area contributed by atoms with Crippen LogP contribution in [-0.2, 0) is 11.2 Å². The van der Waals surface area contributed by atoms with Crippen molar-refractivity contribution in [3.05, 3.63) is 29.8 Å². The van der Waals surface area contributed by atoms with Crippen molar-refractivity contribution in [3.8, 4) is 5.75 Å². The normalized spacial score (nSPS) is 11.3. The van der Waals surface area contributed by atoms with Gasteiger partial charge in [0.15, 0.2) is 0 Å². The monoisotopic (exact) mass is 246 g/mol. The van der Waals surface area contributed by atoms with Crippen molar-refractivity contribution in [3.63, 3.8) is 0 Å². The maximum absolute atomic E-state index is 11.9. The Balaban J connectivity index is 2.47. The van der Waals surface area contributed by atoms with E-state index in [4.69, 9.17) is 0 Å². The lowest BCUT2D eigenvalue weighted by Crippen LogP contribution is -2.17. The molecule has 0 bridgehead atoms. The van der Waals surface area contributed by atoms with Gasteiger partial charge in [0.2, 0.25) is 0 Å². The summed E-state index contributed by atoms with van der Waals surface area (Å²) in [6, 6.07) is 5.69. The second-order valence-corrected chi connectivity index (χ2v) is 3.75. The SMILES string of the molecule is CC(=O)CCCc1ccc(OC(F)(F)F)cc1. The Morgan fingerprint density at radius 2 is 1.82 bits per heavy atom. The molecular formula is C12H13F3O2. The van der Waals surface area contributed by atoms with E-state index >= 15 is 0 Å². The minimum Gasteiger partial charge on any atom is -0.406 e. The lowest BCUT2D eigenvalue weighted by molar-refractivity contribution is -0.274. The lowest BCUT2D eigenvalue weighted by Gasteiger charge is -2.09. The highest BCUT2D eigenvalue weighted by Crippen LogP contribution is 2.23. The maximum Gasteiger partial charge on any atom is 0.573 e. The van der Waals surface area contributed by atoms with Crippen molar-refractivity contribution in [2.24, 2.45) is 0 Å². The summed E-state index contributed by atoms with van der Waals surface area (Å²) in [4.78, 5) is 10.7. The molecule has 0 aromatic heterocycles. The molecule has 1 aromatic carbocycles. The van der Waals surface area contributed by atoms with E-state index in [0.29, 0.717) is 19.3 Å². The Hall–Kier alpha value is -1.52. The molecule has 0 N–H and O–H groups in total. The van der Waals surface area contributed by atoms with E-state index in [0.717, 1.165) is 5.56 Å². The molecule has 0 aliphatic carbocycles. The molecule has 1 rings (SSSR count). The minimum atomic E-state index is -4.66. The Labute approximate surface area is 97.4 Å². The fraction of sp³-hybridized carbons (Fsp3) is 0.417. The number of ketones is 1. The zero-order chi connectivity index (χ0) is 12.9. The smallest absolute Gasteiger partial charge is 0.406 e. The molecule has 1 aromatic rings. The predicted octanol–water partition coefficient (Wildman–Crippen LogP) is 3.50. The third kappa shape index (κ3) is 5.94. The van der Waals surface area contributed by atoms with Crippen molar-refractivity contribution < 1.29 is 22.7 Å². The highest BCUT2D eigenvalue weighted by molar-refractivity contribution is 5.75. The van der Waals surface area contributed by atoms with Crippen LogP contribution < -0.4 is 4.74 Å². The van der Waals surface area contributed by atoms with Crippen LogP contribution in [0.1, 0.15) is 25.3 Å². The largest absolute Gasteiger partial charge is 0.573 e. The van der Waals surface area contributed by atoms with Crippen LogP contribution in [0.15, 0.2) is 24.3 Å². The van der Waals surface area contributed by atoms with Gasteiger partial charge in [-0.05, 0) is 37.5 Å². The average molecular weight is 246 g/mol. The molecule has 0 amide bonds. The van der Waals surface area contributed by atoms with Gasteiger partial charge < -0.3 is 9.53 Å². The van der Waals surface area contributed by atoms with Gasteiger partial charge >= 0.3 is 6.36 Å². The number of alkyl halides is 3. The number of carbonyl (C=O) groups is 1. The highest BCUT2D eigenvalue weighted by atomic mass is 19.4. The summed E-state index contributed by atoms with van der Waals surface area (Å²) in [6.45, 7) is 1.51. The van der Waals surface area contributed by atoms with Gasteiger partial charge in [-0.1, -0.05) is 12.1 Å². The summed E-state index contributed by atoms with van der Waals surface area (Å²) in [6.07, 6.45) is -2.79. The zero-order valence-electron chi connectivity index (χ0n) is 9.38. The summed E-state index contributed by atoms with van der Waals surface area (Å²) < 4.78 is 39.4. The standard InChI is InChI=1S/C12H13F3O2/c1-9(16)3-2-4-10-5-7-11(8-6-10)17-12(13,14)15/h5-8H,2-4H2,1H3. The van der Waals surface area contributed by atoms with Crippen molar-refractivity contribution in [2.45, 2.75) is 32.5 Å². The molecule has 0 atom stereocenters. The van der Waals surface area contributed by atoms with Gasteiger partial charge in [0.25, 0.3) is 0 Å². The number of benzene rings is 1. The molecule has 0 aliphatic rings. The molecular weight excluding hydrogens is 233 g/mol. The van der Waals surface area contributed by atoms with Gasteiger partial charge in [-0.25, -0.2) is 0 Å². The Morgan fingerprint density at radius 1 is 1.24 bits per heavy atom. The number of hydrogen-bond acceptors (Lipinski definition) is 2. The van der Waals surface area contributed by atoms with Crippen LogP contribution in [0.5, 0.6) is 5.75 Å². The van der Waals surface area contributed by atoms with Gasteiger partial charge in [-0.2, -0.15) is 0 Å². The summed E-state index contributed by atoms with van der Waals surface area (Å²) in [5.41, 5.74) is 0.890. The van der Waals surface area contributed by atoms with Crippen LogP contribution in [0.3, 0.4) is 0 Å². The molecule has 17 heavy (non-hydrogen) atoms. The number of ether oxygens (including phenoxy) is 1. The first-order valence-corrected chi connectivity index (χ1v) is 5.21. The molecule has 2 nitrogen and oxygen atoms in total. The molecule has 0 heterocycles. The average Bonchev–Trinajstić information content (AvgIpc) is 2.18. The van der Waals surface area contributed by atoms with E-state index in [1.54, 1.807) is 12.1 Å². The maximum atomic E-state index is 11.9. The van der Waals surface area contributed by atoms with E-state index in [-0.39, 0.29) is 11.5 Å². The second kappa shape index (κ2) is 5.70. The van der Waals surface area contributed by atoms with Gasteiger partial charge in [0.05, 0.1) is 0 Å². The third-order valence-corrected chi connectivity index (χ3v) is 2.15.